The summed E-state index contributed by atoms with van der Waals surface area (Å²) >= 11 is 0. The summed E-state index contributed by atoms with van der Waals surface area (Å²) in [6.45, 7) is 9.02. The fourth-order valence-electron chi connectivity index (χ4n) is 3.59. The molecule has 0 saturated carbocycles. The second-order valence-corrected chi connectivity index (χ2v) is 7.50. The second-order valence-electron chi connectivity index (χ2n) is 7.50. The molecular weight excluding hydrogens is 417 g/mol. The average Bonchev–Trinajstić information content (AvgIpc) is 2.60. The van der Waals surface area contributed by atoms with Gasteiger partial charge in [0.15, 0.2) is 5.65 Å². The molecule has 1 aliphatic heterocycles. The Bertz CT molecular complexity index is 986. The number of hydrogen-bond acceptors (Lipinski definition) is 5. The van der Waals surface area contributed by atoms with E-state index in [0.717, 1.165) is 19.4 Å². The Morgan fingerprint density at radius 3 is 2.62 bits per heavy atom. The van der Waals surface area contributed by atoms with Gasteiger partial charge in [-0.05, 0) is 45.2 Å². The molecule has 10 heteroatoms. The molecule has 0 aliphatic carbocycles. The first-order valence-electron chi connectivity index (χ1n) is 9.53. The Kier molecular flexibility index (Phi) is 8.86. The molecule has 0 spiro atoms. The molecule has 2 aromatic rings. The summed E-state index contributed by atoms with van der Waals surface area (Å²) < 4.78 is 1.39. The van der Waals surface area contributed by atoms with Crippen LogP contribution < -0.4 is 21.9 Å². The number of hydrogen-bond donors (Lipinski definition) is 3. The predicted octanol–water partition coefficient (Wildman–Crippen LogP) is 1.94. The SMILES string of the molecule is CCn1c(=O)[nH]c(=O)c2c(C(=O)NC3CCNC(C)C3)cc(C(C)C)nc21.Cl.Cl. The molecule has 3 heterocycles. The van der Waals surface area contributed by atoms with Gasteiger partial charge in [-0.15, -0.1) is 24.8 Å². The molecule has 3 rings (SSSR count). The minimum atomic E-state index is -0.577. The predicted molar refractivity (Wildman–Crippen MR) is 119 cm³/mol. The highest BCUT2D eigenvalue weighted by atomic mass is 35.5. The van der Waals surface area contributed by atoms with Gasteiger partial charge in [0.25, 0.3) is 11.5 Å². The summed E-state index contributed by atoms with van der Waals surface area (Å²) in [4.78, 5) is 44.6. The lowest BCUT2D eigenvalue weighted by Crippen LogP contribution is -2.46. The molecule has 1 aliphatic rings. The van der Waals surface area contributed by atoms with E-state index in [-0.39, 0.29) is 59.3 Å². The molecule has 29 heavy (non-hydrogen) atoms. The zero-order chi connectivity index (χ0) is 19.7. The number of nitrogens with zero attached hydrogens (tertiary/aromatic N) is 2. The van der Waals surface area contributed by atoms with E-state index in [0.29, 0.717) is 18.3 Å². The first kappa shape index (κ1) is 25.1. The Morgan fingerprint density at radius 1 is 1.34 bits per heavy atom. The van der Waals surface area contributed by atoms with Crippen molar-refractivity contribution in [2.75, 3.05) is 6.54 Å². The lowest BCUT2D eigenvalue weighted by Gasteiger charge is -2.28. The van der Waals surface area contributed by atoms with Gasteiger partial charge in [0.1, 0.15) is 0 Å². The molecular formula is C19H29Cl2N5O3. The molecule has 8 nitrogen and oxygen atoms in total. The van der Waals surface area contributed by atoms with E-state index >= 15 is 0 Å². The number of aromatic nitrogens is 3. The molecule has 1 fully saturated rings. The molecule has 2 aromatic heterocycles. The van der Waals surface area contributed by atoms with Crippen LogP contribution in [0, 0.1) is 0 Å². The molecule has 2 unspecified atom stereocenters. The third-order valence-electron chi connectivity index (χ3n) is 5.08. The molecule has 0 aromatic carbocycles. The lowest BCUT2D eigenvalue weighted by molar-refractivity contribution is 0.0927. The van der Waals surface area contributed by atoms with Crippen molar-refractivity contribution in [3.63, 3.8) is 0 Å². The maximum Gasteiger partial charge on any atom is 0.329 e. The number of carbonyl (C=O) groups is 1. The summed E-state index contributed by atoms with van der Waals surface area (Å²) in [7, 11) is 0. The highest BCUT2D eigenvalue weighted by Gasteiger charge is 2.24. The Labute approximate surface area is 181 Å². The zero-order valence-corrected chi connectivity index (χ0v) is 18.7. The summed E-state index contributed by atoms with van der Waals surface area (Å²) in [6.07, 6.45) is 1.67. The molecule has 1 amide bonds. The number of halogens is 2. The number of piperidine rings is 1. The fraction of sp³-hybridized carbons (Fsp3) is 0.579. The van der Waals surface area contributed by atoms with Crippen molar-refractivity contribution < 1.29 is 4.79 Å². The van der Waals surface area contributed by atoms with Gasteiger partial charge in [0.2, 0.25) is 0 Å². The summed E-state index contributed by atoms with van der Waals surface area (Å²) in [5.41, 5.74) is 0.131. The maximum absolute atomic E-state index is 13.0. The van der Waals surface area contributed by atoms with Gasteiger partial charge in [-0.25, -0.2) is 9.78 Å². The van der Waals surface area contributed by atoms with Crippen LogP contribution in [-0.2, 0) is 6.54 Å². The van der Waals surface area contributed by atoms with Crippen LogP contribution in [0.1, 0.15) is 62.5 Å². The Morgan fingerprint density at radius 2 is 2.03 bits per heavy atom. The van der Waals surface area contributed by atoms with Crippen LogP contribution in [-0.4, -0.2) is 39.1 Å². The van der Waals surface area contributed by atoms with Crippen LogP contribution in [0.15, 0.2) is 15.7 Å². The first-order valence-corrected chi connectivity index (χ1v) is 9.53. The molecule has 1 saturated heterocycles. The van der Waals surface area contributed by atoms with Crippen LogP contribution in [0.5, 0.6) is 0 Å². The smallest absolute Gasteiger partial charge is 0.329 e. The van der Waals surface area contributed by atoms with Crippen LogP contribution in [0.25, 0.3) is 11.0 Å². The van der Waals surface area contributed by atoms with Gasteiger partial charge in [0, 0.05) is 24.3 Å². The van der Waals surface area contributed by atoms with Gasteiger partial charge in [-0.1, -0.05) is 13.8 Å². The fourth-order valence-corrected chi connectivity index (χ4v) is 3.59. The topological polar surface area (TPSA) is 109 Å². The Hall–Kier alpha value is -1.90. The zero-order valence-electron chi connectivity index (χ0n) is 17.1. The number of pyridine rings is 1. The van der Waals surface area contributed by atoms with E-state index < -0.39 is 11.2 Å². The lowest BCUT2D eigenvalue weighted by atomic mass is 9.99. The van der Waals surface area contributed by atoms with Crippen molar-refractivity contribution in [3.05, 3.63) is 38.2 Å². The number of carbonyl (C=O) groups excluding carboxylic acids is 1. The minimum Gasteiger partial charge on any atom is -0.349 e. The van der Waals surface area contributed by atoms with Crippen molar-refractivity contribution in [1.82, 2.24) is 25.2 Å². The third kappa shape index (κ3) is 5.18. The van der Waals surface area contributed by atoms with Crippen LogP contribution in [0.3, 0.4) is 0 Å². The van der Waals surface area contributed by atoms with Crippen LogP contribution in [0.4, 0.5) is 0 Å². The monoisotopic (exact) mass is 445 g/mol. The van der Waals surface area contributed by atoms with E-state index in [4.69, 9.17) is 0 Å². The van der Waals surface area contributed by atoms with Crippen molar-refractivity contribution in [3.8, 4) is 0 Å². The van der Waals surface area contributed by atoms with Gasteiger partial charge in [-0.3, -0.25) is 19.1 Å². The van der Waals surface area contributed by atoms with Crippen LogP contribution in [0.2, 0.25) is 0 Å². The number of aromatic amines is 1. The molecule has 0 bridgehead atoms. The van der Waals surface area contributed by atoms with Crippen molar-refractivity contribution in [2.24, 2.45) is 0 Å². The van der Waals surface area contributed by atoms with E-state index in [1.807, 2.05) is 13.8 Å². The van der Waals surface area contributed by atoms with Gasteiger partial charge < -0.3 is 10.6 Å². The second kappa shape index (κ2) is 10.2. The van der Waals surface area contributed by atoms with E-state index in [2.05, 4.69) is 27.5 Å². The summed E-state index contributed by atoms with van der Waals surface area (Å²) in [5.74, 6) is -0.241. The molecule has 2 atom stereocenters. The van der Waals surface area contributed by atoms with Gasteiger partial charge in [0.05, 0.1) is 10.9 Å². The third-order valence-corrected chi connectivity index (χ3v) is 5.08. The number of H-pyrrole nitrogens is 1. The highest BCUT2D eigenvalue weighted by molar-refractivity contribution is 6.05. The number of amides is 1. The number of aryl methyl sites for hydroxylation is 1. The van der Waals surface area contributed by atoms with E-state index in [1.54, 1.807) is 13.0 Å². The van der Waals surface area contributed by atoms with Crippen molar-refractivity contribution in [1.29, 1.82) is 0 Å². The maximum atomic E-state index is 13.0. The van der Waals surface area contributed by atoms with Crippen molar-refractivity contribution in [2.45, 2.75) is 65.1 Å². The quantitative estimate of drug-likeness (QED) is 0.665. The minimum absolute atomic E-state index is 0. The largest absolute Gasteiger partial charge is 0.349 e. The average molecular weight is 446 g/mol. The standard InChI is InChI=1S/C19H27N5O3.2ClH/c1-5-24-16-15(18(26)23-19(24)27)13(9-14(22-16)10(2)3)17(25)21-12-6-7-20-11(4)8-12;;/h9-12,20H,5-8H2,1-4H3,(H,21,25)(H,23,26,27);2*1H. The van der Waals surface area contributed by atoms with Gasteiger partial charge >= 0.3 is 5.69 Å². The number of fused-ring (bicyclic) bond motifs is 1. The summed E-state index contributed by atoms with van der Waals surface area (Å²) in [5, 5.41) is 6.58. The normalized spacial score (nSPS) is 18.8. The van der Waals surface area contributed by atoms with E-state index in [1.165, 1.54) is 4.57 Å². The van der Waals surface area contributed by atoms with E-state index in [9.17, 15) is 14.4 Å². The first-order chi connectivity index (χ1) is 12.8. The number of rotatable bonds is 4. The van der Waals surface area contributed by atoms with Crippen LogP contribution >= 0.6 is 24.8 Å². The Balaban J connectivity index is 0.00000210. The highest BCUT2D eigenvalue weighted by Crippen LogP contribution is 2.20. The van der Waals surface area contributed by atoms with Crippen molar-refractivity contribution >= 4 is 41.8 Å². The summed E-state index contributed by atoms with van der Waals surface area (Å²) in [6, 6.07) is 2.06. The molecule has 3 N–H and O–H groups in total. The number of nitrogens with one attached hydrogen (secondary N) is 3. The molecule has 162 valence electrons. The molecule has 0 radical (unpaired) electrons. The van der Waals surface area contributed by atoms with Gasteiger partial charge in [-0.2, -0.15) is 0 Å².